The topological polar surface area (TPSA) is 187 Å². The largest absolute Gasteiger partial charge is 0.508 e. The number of tetrazole rings is 1. The van der Waals surface area contributed by atoms with Gasteiger partial charge in [0, 0.05) is 38.0 Å². The highest BCUT2D eigenvalue weighted by Crippen LogP contribution is 2.40. The van der Waals surface area contributed by atoms with Gasteiger partial charge < -0.3 is 35.2 Å². The number of aromatic nitrogens is 8. The molecule has 5 heterocycles. The lowest BCUT2D eigenvalue weighted by atomic mass is 9.91. The van der Waals surface area contributed by atoms with Crippen molar-refractivity contribution in [2.75, 3.05) is 42.9 Å². The summed E-state index contributed by atoms with van der Waals surface area (Å²) in [6.07, 6.45) is 3.93. The van der Waals surface area contributed by atoms with Crippen LogP contribution < -0.4 is 10.2 Å². The molecule has 3 aromatic heterocycles. The molecule has 0 spiro atoms. The van der Waals surface area contributed by atoms with Crippen LogP contribution in [0.15, 0.2) is 54.9 Å². The van der Waals surface area contributed by atoms with Crippen LogP contribution in [0, 0.1) is 0 Å². The lowest BCUT2D eigenvalue weighted by Crippen LogP contribution is -2.35. The molecule has 262 valence electrons. The van der Waals surface area contributed by atoms with Gasteiger partial charge in [0.25, 0.3) is 0 Å². The maximum absolute atomic E-state index is 11.4. The number of phenolic OH excluding ortho intramolecular Hbond substituents is 2. The van der Waals surface area contributed by atoms with E-state index in [1.165, 1.54) is 17.6 Å². The van der Waals surface area contributed by atoms with Gasteiger partial charge in [-0.25, -0.2) is 4.98 Å². The van der Waals surface area contributed by atoms with E-state index in [9.17, 15) is 20.4 Å². The molecule has 50 heavy (non-hydrogen) atoms. The van der Waals surface area contributed by atoms with Crippen LogP contribution in [0.25, 0.3) is 11.2 Å². The summed E-state index contributed by atoms with van der Waals surface area (Å²) in [7, 11) is 0. The first kappa shape index (κ1) is 32.4. The first-order chi connectivity index (χ1) is 24.4. The van der Waals surface area contributed by atoms with E-state index in [0.29, 0.717) is 54.2 Å². The number of aromatic hydroxyl groups is 2. The zero-order valence-electron chi connectivity index (χ0n) is 28.0. The quantitative estimate of drug-likeness (QED) is 0.145. The van der Waals surface area contributed by atoms with E-state index in [1.807, 2.05) is 35.8 Å². The predicted octanol–water partition coefficient (Wildman–Crippen LogP) is 2.61. The van der Waals surface area contributed by atoms with E-state index >= 15 is 0 Å². The Morgan fingerprint density at radius 1 is 0.880 bits per heavy atom. The number of nitrogens with zero attached hydrogens (tertiary/aromatic N) is 10. The first-order valence-electron chi connectivity index (χ1n) is 17.6. The maximum atomic E-state index is 11.4. The van der Waals surface area contributed by atoms with Crippen molar-refractivity contribution in [3.8, 4) is 11.5 Å². The van der Waals surface area contributed by atoms with Gasteiger partial charge in [0.2, 0.25) is 5.95 Å². The number of nitrogens with one attached hydrogen (secondary N) is 1. The number of hydrogen-bond acceptors (Lipinski definition) is 13. The molecule has 1 saturated carbocycles. The zero-order chi connectivity index (χ0) is 34.4. The van der Waals surface area contributed by atoms with Crippen molar-refractivity contribution in [2.24, 2.45) is 0 Å². The number of hydrogen-bond donors (Lipinski definition) is 5. The number of likely N-dealkylation sites (tertiary alicyclic amines) is 1. The average molecular weight is 682 g/mol. The van der Waals surface area contributed by atoms with Gasteiger partial charge in [-0.2, -0.15) is 14.8 Å². The van der Waals surface area contributed by atoms with Gasteiger partial charge >= 0.3 is 0 Å². The van der Waals surface area contributed by atoms with Crippen molar-refractivity contribution < 1.29 is 20.4 Å². The van der Waals surface area contributed by atoms with Crippen molar-refractivity contribution in [3.05, 3.63) is 71.8 Å². The van der Waals surface area contributed by atoms with E-state index in [-0.39, 0.29) is 17.4 Å². The van der Waals surface area contributed by atoms with E-state index in [4.69, 9.17) is 15.0 Å². The van der Waals surface area contributed by atoms with Gasteiger partial charge in [0.05, 0.1) is 12.4 Å². The Morgan fingerprint density at radius 2 is 1.56 bits per heavy atom. The third-order valence-electron chi connectivity index (χ3n) is 10.6. The molecule has 0 bridgehead atoms. The molecule has 8 rings (SSSR count). The number of benzene rings is 2. The summed E-state index contributed by atoms with van der Waals surface area (Å²) in [5.41, 5.74) is 3.07. The molecule has 5 atom stereocenters. The normalized spacial score (nSPS) is 24.2. The van der Waals surface area contributed by atoms with Crippen molar-refractivity contribution >= 4 is 22.9 Å². The SMILES string of the molecule is CCc1nnn([C@H]2C[C@@H](n3cnc4c(NCC(c5ccc(O)cc5)c5ccc(O)cc5)nc(N5CC[C@H](N6CCCC6)C5)nc43)[C@H](O)[C@@H]2O)n1. The van der Waals surface area contributed by atoms with Gasteiger partial charge in [-0.15, -0.1) is 10.2 Å². The molecule has 3 aliphatic rings. The number of aryl methyl sites for hydroxylation is 1. The van der Waals surface area contributed by atoms with Crippen molar-refractivity contribution in [1.82, 2.24) is 44.6 Å². The summed E-state index contributed by atoms with van der Waals surface area (Å²) in [6, 6.07) is 13.6. The van der Waals surface area contributed by atoms with Crippen LogP contribution in [0.4, 0.5) is 11.8 Å². The summed E-state index contributed by atoms with van der Waals surface area (Å²) in [4.78, 5) is 21.1. The Labute approximate surface area is 289 Å². The standard InChI is InChI=1S/C35H43N11O4/c1-2-29-40-42-46(41-29)28-17-27(31(49)32(28)50)45-20-37-30-33(38-35(39-34(30)45)44-16-13-23(19-44)43-14-3-4-15-43)36-18-26(21-5-9-24(47)10-6-21)22-7-11-25(48)12-8-22/h5-12,20,23,26-28,31-32,47-50H,2-4,13-19H2,1H3,(H,36,38,39)/t23-,27+,28-,31-,32+/m0/s1. The maximum Gasteiger partial charge on any atom is 0.229 e. The van der Waals surface area contributed by atoms with Gasteiger partial charge in [-0.05, 0) is 79.4 Å². The van der Waals surface area contributed by atoms with Crippen LogP contribution in [0.2, 0.25) is 0 Å². The van der Waals surface area contributed by atoms with Crippen LogP contribution in [-0.2, 0) is 6.42 Å². The summed E-state index contributed by atoms with van der Waals surface area (Å²) in [5, 5.41) is 58.7. The van der Waals surface area contributed by atoms with E-state index in [1.54, 1.807) is 30.6 Å². The van der Waals surface area contributed by atoms with Crippen LogP contribution in [0.5, 0.6) is 11.5 Å². The monoisotopic (exact) mass is 681 g/mol. The Bertz CT molecular complexity index is 1880. The van der Waals surface area contributed by atoms with Gasteiger partial charge in [0.15, 0.2) is 22.8 Å². The number of rotatable bonds is 10. The molecule has 0 amide bonds. The third kappa shape index (κ3) is 6.09. The molecule has 2 aromatic carbocycles. The Kier molecular flexibility index (Phi) is 8.70. The Balaban J connectivity index is 1.15. The minimum atomic E-state index is -1.11. The number of aliphatic hydroxyl groups is 2. The van der Waals surface area contributed by atoms with E-state index in [2.05, 4.69) is 30.5 Å². The predicted molar refractivity (Wildman–Crippen MR) is 185 cm³/mol. The van der Waals surface area contributed by atoms with Crippen molar-refractivity contribution in [1.29, 1.82) is 0 Å². The highest BCUT2D eigenvalue weighted by Gasteiger charge is 2.45. The minimum absolute atomic E-state index is 0.145. The van der Waals surface area contributed by atoms with Gasteiger partial charge in [-0.3, -0.25) is 4.90 Å². The molecular weight excluding hydrogens is 638 g/mol. The minimum Gasteiger partial charge on any atom is -0.508 e. The zero-order valence-corrected chi connectivity index (χ0v) is 28.0. The Hall–Kier alpha value is -4.86. The first-order valence-corrected chi connectivity index (χ1v) is 17.6. The van der Waals surface area contributed by atoms with Gasteiger partial charge in [0.1, 0.15) is 29.7 Å². The fourth-order valence-electron chi connectivity index (χ4n) is 7.81. The second kappa shape index (κ2) is 13.5. The fourth-order valence-corrected chi connectivity index (χ4v) is 7.81. The van der Waals surface area contributed by atoms with E-state index in [0.717, 1.165) is 43.7 Å². The lowest BCUT2D eigenvalue weighted by Gasteiger charge is -2.24. The molecule has 5 N–H and O–H groups in total. The molecule has 15 heteroatoms. The summed E-state index contributed by atoms with van der Waals surface area (Å²) in [6.45, 7) is 6.28. The number of fused-ring (bicyclic) bond motifs is 1. The smallest absolute Gasteiger partial charge is 0.229 e. The van der Waals surface area contributed by atoms with Crippen LogP contribution in [0.1, 0.15) is 67.6 Å². The molecule has 5 aromatic rings. The third-order valence-corrected chi connectivity index (χ3v) is 10.6. The number of imidazole rings is 1. The second-order valence-corrected chi connectivity index (χ2v) is 13.7. The van der Waals surface area contributed by atoms with Gasteiger partial charge in [-0.1, -0.05) is 31.2 Å². The number of phenols is 2. The van der Waals surface area contributed by atoms with Crippen molar-refractivity contribution in [2.45, 2.75) is 75.3 Å². The van der Waals surface area contributed by atoms with Crippen molar-refractivity contribution in [3.63, 3.8) is 0 Å². The molecule has 2 aliphatic heterocycles. The molecule has 2 saturated heterocycles. The molecule has 0 unspecified atom stereocenters. The summed E-state index contributed by atoms with van der Waals surface area (Å²) >= 11 is 0. The molecule has 1 aliphatic carbocycles. The number of aliphatic hydroxyl groups excluding tert-OH is 2. The number of anilines is 2. The molecule has 15 nitrogen and oxygen atoms in total. The van der Waals surface area contributed by atoms with Crippen LogP contribution in [0.3, 0.4) is 0 Å². The highest BCUT2D eigenvalue weighted by atomic mass is 16.3. The molecular formula is C35H43N11O4. The second-order valence-electron chi connectivity index (χ2n) is 13.7. The van der Waals surface area contributed by atoms with Crippen LogP contribution in [-0.4, -0.2) is 116 Å². The molecule has 0 radical (unpaired) electrons. The summed E-state index contributed by atoms with van der Waals surface area (Å²) < 4.78 is 1.85. The highest BCUT2D eigenvalue weighted by molar-refractivity contribution is 5.84. The van der Waals surface area contributed by atoms with Crippen LogP contribution >= 0.6 is 0 Å². The fraction of sp³-hybridized carbons (Fsp3) is 0.486. The average Bonchev–Trinajstić information content (AvgIpc) is 3.98. The lowest BCUT2D eigenvalue weighted by molar-refractivity contribution is 0.00473. The Morgan fingerprint density at radius 3 is 2.22 bits per heavy atom. The molecule has 3 fully saturated rings. The summed E-state index contributed by atoms with van der Waals surface area (Å²) in [5.74, 6) is 1.95. The van der Waals surface area contributed by atoms with E-state index < -0.39 is 24.3 Å².